The molecule has 4 aromatic rings. The Bertz CT molecular complexity index is 1340. The fraction of sp³-hybridized carbons (Fsp3) is 0.0769. The Labute approximate surface area is 191 Å². The Hall–Kier alpha value is -4.52. The minimum atomic E-state index is -0.686. The molecule has 0 unspecified atom stereocenters. The molecule has 3 aromatic carbocycles. The maximum atomic E-state index is 12.9. The molecule has 0 saturated carbocycles. The Morgan fingerprint density at radius 1 is 0.939 bits per heavy atom. The monoisotopic (exact) mass is 435 g/mol. The molecule has 1 aliphatic rings. The number of nitrogens with one attached hydrogen (secondary N) is 2. The van der Waals surface area contributed by atoms with Gasteiger partial charge in [-0.05, 0) is 12.1 Å². The van der Waals surface area contributed by atoms with E-state index in [2.05, 4.69) is 20.6 Å². The van der Waals surface area contributed by atoms with E-state index in [1.54, 1.807) is 25.4 Å². The molecule has 162 valence electrons. The maximum absolute atomic E-state index is 12.9. The number of benzene rings is 3. The van der Waals surface area contributed by atoms with E-state index in [1.807, 2.05) is 66.7 Å². The van der Waals surface area contributed by atoms with Crippen molar-refractivity contribution in [2.75, 3.05) is 12.4 Å². The molecule has 0 bridgehead atoms. The molecule has 2 heterocycles. The Kier molecular flexibility index (Phi) is 5.51. The van der Waals surface area contributed by atoms with E-state index in [-0.39, 0.29) is 0 Å². The lowest BCUT2D eigenvalue weighted by Gasteiger charge is -2.17. The topological polar surface area (TPSA) is 88.5 Å². The second kappa shape index (κ2) is 8.92. The SMILES string of the molecule is COc1cccc(NC(=O)N[C@@H]2N=C(c3ccccc3)c3ccccc3-c3ncncc32)c1. The van der Waals surface area contributed by atoms with E-state index < -0.39 is 12.2 Å². The molecule has 1 atom stereocenters. The number of aliphatic imine (C=N–C) groups is 1. The molecule has 1 aromatic heterocycles. The molecule has 2 N–H and O–H groups in total. The van der Waals surface area contributed by atoms with Crippen molar-refractivity contribution in [3.63, 3.8) is 0 Å². The number of anilines is 1. The molecule has 7 nitrogen and oxygen atoms in total. The van der Waals surface area contributed by atoms with Gasteiger partial charge in [0.05, 0.1) is 18.5 Å². The molecule has 0 fully saturated rings. The first-order chi connectivity index (χ1) is 16.2. The normalized spacial score (nSPS) is 14.2. The lowest BCUT2D eigenvalue weighted by molar-refractivity contribution is 0.249. The van der Waals surface area contributed by atoms with Gasteiger partial charge in [0.1, 0.15) is 12.1 Å². The number of carbonyl (C=O) groups excluding carboxylic acids is 1. The van der Waals surface area contributed by atoms with Gasteiger partial charge in [-0.3, -0.25) is 4.99 Å². The van der Waals surface area contributed by atoms with E-state index in [0.717, 1.165) is 33.7 Å². The van der Waals surface area contributed by atoms with Crippen LogP contribution in [0.1, 0.15) is 22.9 Å². The number of carbonyl (C=O) groups is 1. The maximum Gasteiger partial charge on any atom is 0.321 e. The molecule has 2 amide bonds. The average molecular weight is 435 g/mol. The quantitative estimate of drug-likeness (QED) is 0.481. The van der Waals surface area contributed by atoms with Crippen molar-refractivity contribution in [2.45, 2.75) is 6.17 Å². The first-order valence-electron chi connectivity index (χ1n) is 10.5. The molecule has 33 heavy (non-hydrogen) atoms. The summed E-state index contributed by atoms with van der Waals surface area (Å²) in [6.45, 7) is 0. The first-order valence-corrected chi connectivity index (χ1v) is 10.5. The van der Waals surface area contributed by atoms with Gasteiger partial charge < -0.3 is 15.4 Å². The number of amides is 2. The Morgan fingerprint density at radius 3 is 2.55 bits per heavy atom. The predicted octanol–water partition coefficient (Wildman–Crippen LogP) is 4.82. The van der Waals surface area contributed by atoms with Crippen LogP contribution >= 0.6 is 0 Å². The molecule has 5 rings (SSSR count). The molecular formula is C26H21N5O2. The minimum Gasteiger partial charge on any atom is -0.497 e. The molecule has 0 spiro atoms. The molecular weight excluding hydrogens is 414 g/mol. The van der Waals surface area contributed by atoms with Crippen molar-refractivity contribution in [1.82, 2.24) is 15.3 Å². The van der Waals surface area contributed by atoms with Crippen molar-refractivity contribution in [1.29, 1.82) is 0 Å². The van der Waals surface area contributed by atoms with Gasteiger partial charge >= 0.3 is 6.03 Å². The van der Waals surface area contributed by atoms with Crippen LogP contribution in [0.2, 0.25) is 0 Å². The summed E-state index contributed by atoms with van der Waals surface area (Å²) in [4.78, 5) is 26.7. The highest BCUT2D eigenvalue weighted by molar-refractivity contribution is 6.17. The second-order valence-corrected chi connectivity index (χ2v) is 7.45. The number of urea groups is 1. The van der Waals surface area contributed by atoms with E-state index in [4.69, 9.17) is 9.73 Å². The van der Waals surface area contributed by atoms with Crippen LogP contribution in [0.25, 0.3) is 11.3 Å². The van der Waals surface area contributed by atoms with Gasteiger partial charge in [-0.25, -0.2) is 14.8 Å². The fourth-order valence-electron chi connectivity index (χ4n) is 3.86. The summed E-state index contributed by atoms with van der Waals surface area (Å²) in [6, 6.07) is 24.7. The highest BCUT2D eigenvalue weighted by Crippen LogP contribution is 2.34. The van der Waals surface area contributed by atoms with Gasteiger partial charge in [0.15, 0.2) is 6.17 Å². The highest BCUT2D eigenvalue weighted by Gasteiger charge is 2.27. The van der Waals surface area contributed by atoms with Crippen molar-refractivity contribution in [3.05, 3.63) is 108 Å². The third kappa shape index (κ3) is 4.16. The summed E-state index contributed by atoms with van der Waals surface area (Å²) in [5.74, 6) is 0.654. The fourth-order valence-corrected chi connectivity index (χ4v) is 3.86. The summed E-state index contributed by atoms with van der Waals surface area (Å²) in [7, 11) is 1.58. The summed E-state index contributed by atoms with van der Waals surface area (Å²) in [6.07, 6.45) is 2.53. The van der Waals surface area contributed by atoms with E-state index in [1.165, 1.54) is 6.33 Å². The smallest absolute Gasteiger partial charge is 0.321 e. The van der Waals surface area contributed by atoms with Crippen LogP contribution in [0.5, 0.6) is 5.75 Å². The number of rotatable bonds is 4. The van der Waals surface area contributed by atoms with Crippen LogP contribution in [0.4, 0.5) is 10.5 Å². The van der Waals surface area contributed by atoms with Crippen LogP contribution in [0, 0.1) is 0 Å². The second-order valence-electron chi connectivity index (χ2n) is 7.45. The van der Waals surface area contributed by atoms with Gasteiger partial charge in [0, 0.05) is 40.2 Å². The van der Waals surface area contributed by atoms with Crippen molar-refractivity contribution in [3.8, 4) is 17.0 Å². The van der Waals surface area contributed by atoms with Crippen molar-refractivity contribution >= 4 is 17.4 Å². The van der Waals surface area contributed by atoms with Gasteiger partial charge in [0.25, 0.3) is 0 Å². The average Bonchev–Trinajstić information content (AvgIpc) is 3.00. The van der Waals surface area contributed by atoms with Crippen LogP contribution in [-0.2, 0) is 0 Å². The lowest BCUT2D eigenvalue weighted by atomic mass is 9.95. The zero-order valence-corrected chi connectivity index (χ0v) is 17.9. The molecule has 7 heteroatoms. The summed E-state index contributed by atoms with van der Waals surface area (Å²) in [5, 5.41) is 5.83. The van der Waals surface area contributed by atoms with Crippen LogP contribution < -0.4 is 15.4 Å². The highest BCUT2D eigenvalue weighted by atomic mass is 16.5. The van der Waals surface area contributed by atoms with Crippen molar-refractivity contribution < 1.29 is 9.53 Å². The standard InChI is InChI=1S/C26H21N5O2/c1-33-19-11-7-10-18(14-19)29-26(32)31-25-22-15-27-16-28-24(22)21-13-6-5-12-20(21)23(30-25)17-8-3-2-4-9-17/h2-16,25H,1H3,(H2,29,31,32)/t25-/m0/s1. The number of ether oxygens (including phenoxy) is 1. The first kappa shape index (κ1) is 20.4. The van der Waals surface area contributed by atoms with Gasteiger partial charge in [-0.15, -0.1) is 0 Å². The summed E-state index contributed by atoms with van der Waals surface area (Å²) in [5.41, 5.74) is 5.68. The van der Waals surface area contributed by atoms with Gasteiger partial charge in [0.2, 0.25) is 0 Å². The van der Waals surface area contributed by atoms with Gasteiger partial charge in [-0.1, -0.05) is 60.7 Å². The van der Waals surface area contributed by atoms with E-state index in [0.29, 0.717) is 11.4 Å². The largest absolute Gasteiger partial charge is 0.497 e. The number of hydrogen-bond donors (Lipinski definition) is 2. The number of methoxy groups -OCH3 is 1. The lowest BCUT2D eigenvalue weighted by Crippen LogP contribution is -2.32. The predicted molar refractivity (Wildman–Crippen MR) is 127 cm³/mol. The van der Waals surface area contributed by atoms with Crippen LogP contribution in [-0.4, -0.2) is 28.8 Å². The van der Waals surface area contributed by atoms with E-state index in [9.17, 15) is 4.79 Å². The Morgan fingerprint density at radius 2 is 1.73 bits per heavy atom. The number of nitrogens with zero attached hydrogens (tertiary/aromatic N) is 3. The molecule has 0 aliphatic carbocycles. The zero-order chi connectivity index (χ0) is 22.6. The molecule has 1 aliphatic heterocycles. The number of hydrogen-bond acceptors (Lipinski definition) is 5. The van der Waals surface area contributed by atoms with Crippen LogP contribution in [0.15, 0.2) is 96.4 Å². The summed E-state index contributed by atoms with van der Waals surface area (Å²) >= 11 is 0. The summed E-state index contributed by atoms with van der Waals surface area (Å²) < 4.78 is 5.24. The van der Waals surface area contributed by atoms with Crippen LogP contribution in [0.3, 0.4) is 0 Å². The molecule has 0 saturated heterocycles. The number of aromatic nitrogens is 2. The van der Waals surface area contributed by atoms with E-state index >= 15 is 0 Å². The number of fused-ring (bicyclic) bond motifs is 3. The third-order valence-corrected chi connectivity index (χ3v) is 5.37. The zero-order valence-electron chi connectivity index (χ0n) is 17.9. The van der Waals surface area contributed by atoms with Crippen molar-refractivity contribution in [2.24, 2.45) is 4.99 Å². The third-order valence-electron chi connectivity index (χ3n) is 5.37. The molecule has 0 radical (unpaired) electrons. The van der Waals surface area contributed by atoms with Gasteiger partial charge in [-0.2, -0.15) is 0 Å². The minimum absolute atomic E-state index is 0.398. The Balaban J connectivity index is 1.56.